The van der Waals surface area contributed by atoms with Crippen LogP contribution in [0.1, 0.15) is 28.5 Å². The molecule has 0 spiro atoms. The van der Waals surface area contributed by atoms with Crippen molar-refractivity contribution in [2.45, 2.75) is 13.8 Å². The van der Waals surface area contributed by atoms with Crippen molar-refractivity contribution in [1.82, 2.24) is 9.78 Å². The van der Waals surface area contributed by atoms with Gasteiger partial charge in [-0.15, -0.1) is 0 Å². The van der Waals surface area contributed by atoms with Crippen LogP contribution in [0, 0.1) is 6.92 Å². The third-order valence-electron chi connectivity index (χ3n) is 2.89. The molecule has 0 unspecified atom stereocenters. The predicted molar refractivity (Wildman–Crippen MR) is 77.2 cm³/mol. The molecule has 6 nitrogen and oxygen atoms in total. The molecule has 0 fully saturated rings. The minimum atomic E-state index is -0.942. The number of carbonyl (C=O) groups is 1. The summed E-state index contributed by atoms with van der Waals surface area (Å²) in [5.74, 6) is -0.942. The van der Waals surface area contributed by atoms with Crippen LogP contribution in [-0.4, -0.2) is 26.6 Å². The van der Waals surface area contributed by atoms with Gasteiger partial charge in [0.1, 0.15) is 0 Å². The summed E-state index contributed by atoms with van der Waals surface area (Å²) in [6.07, 6.45) is 1.91. The van der Waals surface area contributed by atoms with Gasteiger partial charge in [0.15, 0.2) is 0 Å². The number of aromatic carboxylic acids is 1. The maximum atomic E-state index is 10.7. The lowest BCUT2D eigenvalue weighted by Crippen LogP contribution is -2.01. The molecule has 1 heterocycles. The summed E-state index contributed by atoms with van der Waals surface area (Å²) < 4.78 is 1.74. The first-order valence-electron chi connectivity index (χ1n) is 6.11. The highest BCUT2D eigenvalue weighted by atomic mass is 16.4. The Kier molecular flexibility index (Phi) is 3.84. The molecule has 2 rings (SSSR count). The van der Waals surface area contributed by atoms with E-state index in [4.69, 9.17) is 5.11 Å². The summed E-state index contributed by atoms with van der Waals surface area (Å²) in [5.41, 5.74) is 6.59. The van der Waals surface area contributed by atoms with Crippen LogP contribution in [0.15, 0.2) is 35.6 Å². The molecule has 2 N–H and O–H groups in total. The van der Waals surface area contributed by atoms with Gasteiger partial charge in [0, 0.05) is 18.8 Å². The first kappa shape index (κ1) is 13.8. The summed E-state index contributed by atoms with van der Waals surface area (Å²) in [4.78, 5) is 10.7. The van der Waals surface area contributed by atoms with E-state index in [-0.39, 0.29) is 5.56 Å². The molecule has 1 aromatic carbocycles. The molecule has 0 bridgehead atoms. The number of hydrazone groups is 1. The smallest absolute Gasteiger partial charge is 0.335 e. The van der Waals surface area contributed by atoms with Crippen LogP contribution in [0.2, 0.25) is 0 Å². The van der Waals surface area contributed by atoms with Gasteiger partial charge >= 0.3 is 5.97 Å². The van der Waals surface area contributed by atoms with Crippen molar-refractivity contribution in [3.8, 4) is 0 Å². The Hall–Kier alpha value is -2.63. The SMILES string of the molecule is C/C(=N\Nc1ccc(C(=O)O)cc1)c1cn(C)nc1C. The number of carboxylic acid groups (broad SMARTS) is 1. The number of nitrogens with one attached hydrogen (secondary N) is 1. The Morgan fingerprint density at radius 3 is 2.50 bits per heavy atom. The highest BCUT2D eigenvalue weighted by Gasteiger charge is 2.06. The van der Waals surface area contributed by atoms with Gasteiger partial charge in [-0.1, -0.05) is 0 Å². The van der Waals surface area contributed by atoms with Crippen molar-refractivity contribution in [3.05, 3.63) is 47.3 Å². The molecule has 1 aromatic heterocycles. The first-order chi connectivity index (χ1) is 9.47. The number of carboxylic acids is 1. The van der Waals surface area contributed by atoms with Crippen LogP contribution in [0.25, 0.3) is 0 Å². The molecule has 2 aromatic rings. The average molecular weight is 272 g/mol. The zero-order valence-corrected chi connectivity index (χ0v) is 11.6. The van der Waals surface area contributed by atoms with Gasteiger partial charge in [-0.05, 0) is 38.1 Å². The highest BCUT2D eigenvalue weighted by Crippen LogP contribution is 2.11. The number of rotatable bonds is 4. The molecule has 0 atom stereocenters. The number of hydrogen-bond acceptors (Lipinski definition) is 4. The van der Waals surface area contributed by atoms with Crippen LogP contribution < -0.4 is 5.43 Å². The minimum Gasteiger partial charge on any atom is -0.478 e. The first-order valence-corrected chi connectivity index (χ1v) is 6.11. The minimum absolute atomic E-state index is 0.249. The predicted octanol–water partition coefficient (Wildman–Crippen LogP) is 2.26. The fourth-order valence-electron chi connectivity index (χ4n) is 1.85. The summed E-state index contributed by atoms with van der Waals surface area (Å²) in [5, 5.41) is 17.4. The van der Waals surface area contributed by atoms with Crippen LogP contribution >= 0.6 is 0 Å². The third-order valence-corrected chi connectivity index (χ3v) is 2.89. The number of anilines is 1. The van der Waals surface area contributed by atoms with Gasteiger partial charge in [-0.2, -0.15) is 10.2 Å². The topological polar surface area (TPSA) is 79.5 Å². The summed E-state index contributed by atoms with van der Waals surface area (Å²) in [6.45, 7) is 3.82. The van der Waals surface area contributed by atoms with E-state index in [2.05, 4.69) is 15.6 Å². The van der Waals surface area contributed by atoms with Crippen molar-refractivity contribution >= 4 is 17.4 Å². The fourth-order valence-corrected chi connectivity index (χ4v) is 1.85. The molecule has 104 valence electrons. The lowest BCUT2D eigenvalue weighted by molar-refractivity contribution is 0.0697. The van der Waals surface area contributed by atoms with E-state index in [0.29, 0.717) is 0 Å². The maximum Gasteiger partial charge on any atom is 0.335 e. The van der Waals surface area contributed by atoms with E-state index in [0.717, 1.165) is 22.7 Å². The zero-order valence-electron chi connectivity index (χ0n) is 11.6. The molecule has 0 radical (unpaired) electrons. The van der Waals surface area contributed by atoms with E-state index < -0.39 is 5.97 Å². The fraction of sp³-hybridized carbons (Fsp3) is 0.214. The van der Waals surface area contributed by atoms with Crippen LogP contribution in [0.4, 0.5) is 5.69 Å². The number of benzene rings is 1. The molecule has 0 saturated carbocycles. The van der Waals surface area contributed by atoms with E-state index in [1.165, 1.54) is 12.1 Å². The second kappa shape index (κ2) is 5.56. The van der Waals surface area contributed by atoms with Gasteiger partial charge in [-0.3, -0.25) is 10.1 Å². The van der Waals surface area contributed by atoms with Gasteiger partial charge in [0.2, 0.25) is 0 Å². The molecule has 0 saturated heterocycles. The Morgan fingerprint density at radius 1 is 1.35 bits per heavy atom. The summed E-state index contributed by atoms with van der Waals surface area (Å²) >= 11 is 0. The average Bonchev–Trinajstić information content (AvgIpc) is 2.75. The van der Waals surface area contributed by atoms with Gasteiger partial charge in [-0.25, -0.2) is 4.79 Å². The number of nitrogens with zero attached hydrogens (tertiary/aromatic N) is 3. The van der Waals surface area contributed by atoms with Gasteiger partial charge in [0.25, 0.3) is 0 Å². The van der Waals surface area contributed by atoms with Crippen molar-refractivity contribution in [2.75, 3.05) is 5.43 Å². The Labute approximate surface area is 116 Å². The summed E-state index contributed by atoms with van der Waals surface area (Å²) in [7, 11) is 1.86. The standard InChI is InChI=1S/C14H16N4O2/c1-9(13-8-18(3)17-10(13)2)15-16-12-6-4-11(5-7-12)14(19)20/h4-8,16H,1-3H3,(H,19,20)/b15-9+. The van der Waals surface area contributed by atoms with Crippen molar-refractivity contribution < 1.29 is 9.90 Å². The van der Waals surface area contributed by atoms with Gasteiger partial charge < -0.3 is 5.11 Å². The second-order valence-corrected chi connectivity index (χ2v) is 4.49. The summed E-state index contributed by atoms with van der Waals surface area (Å²) in [6, 6.07) is 6.42. The van der Waals surface area contributed by atoms with Gasteiger partial charge in [0.05, 0.1) is 22.7 Å². The Morgan fingerprint density at radius 2 is 2.00 bits per heavy atom. The van der Waals surface area contributed by atoms with E-state index in [1.54, 1.807) is 16.8 Å². The van der Waals surface area contributed by atoms with Crippen molar-refractivity contribution in [2.24, 2.45) is 12.1 Å². The third kappa shape index (κ3) is 3.03. The number of aryl methyl sites for hydroxylation is 2. The van der Waals surface area contributed by atoms with Crippen molar-refractivity contribution in [1.29, 1.82) is 0 Å². The Bertz CT molecular complexity index is 656. The van der Waals surface area contributed by atoms with E-state index in [9.17, 15) is 4.79 Å². The molecule has 6 heteroatoms. The molecule has 0 aliphatic heterocycles. The largest absolute Gasteiger partial charge is 0.478 e. The molecule has 0 aliphatic rings. The van der Waals surface area contributed by atoms with Crippen LogP contribution in [-0.2, 0) is 7.05 Å². The second-order valence-electron chi connectivity index (χ2n) is 4.49. The van der Waals surface area contributed by atoms with Crippen LogP contribution in [0.3, 0.4) is 0 Å². The number of hydrogen-bond donors (Lipinski definition) is 2. The lowest BCUT2D eigenvalue weighted by Gasteiger charge is -2.03. The molecule has 0 amide bonds. The Balaban J connectivity index is 2.12. The normalized spacial score (nSPS) is 11.4. The lowest BCUT2D eigenvalue weighted by atomic mass is 10.2. The molecular formula is C14H16N4O2. The number of aromatic nitrogens is 2. The van der Waals surface area contributed by atoms with E-state index >= 15 is 0 Å². The molecular weight excluding hydrogens is 256 g/mol. The molecule has 0 aliphatic carbocycles. The van der Waals surface area contributed by atoms with Crippen LogP contribution in [0.5, 0.6) is 0 Å². The molecule has 20 heavy (non-hydrogen) atoms. The highest BCUT2D eigenvalue weighted by molar-refractivity contribution is 5.99. The van der Waals surface area contributed by atoms with Crippen molar-refractivity contribution in [3.63, 3.8) is 0 Å². The zero-order chi connectivity index (χ0) is 14.7. The monoisotopic (exact) mass is 272 g/mol. The maximum absolute atomic E-state index is 10.7. The quantitative estimate of drug-likeness (QED) is 0.661. The van der Waals surface area contributed by atoms with E-state index in [1.807, 2.05) is 27.1 Å².